The van der Waals surface area contributed by atoms with Gasteiger partial charge in [-0.2, -0.15) is 0 Å². The Bertz CT molecular complexity index is 1470. The van der Waals surface area contributed by atoms with E-state index in [1.165, 1.54) is 51.4 Å². The van der Waals surface area contributed by atoms with Gasteiger partial charge in [-0.3, -0.25) is 27.7 Å². The molecule has 8 unspecified atom stereocenters. The molecule has 19 nitrogen and oxygen atoms in total. The van der Waals surface area contributed by atoms with Crippen molar-refractivity contribution in [3.8, 4) is 0 Å². The highest BCUT2D eigenvalue weighted by Gasteiger charge is 2.56. The number of esters is 2. The fraction of sp³-hybridized carbons (Fsp3) is 0.860. The molecule has 1 rings (SSSR count). The van der Waals surface area contributed by atoms with Gasteiger partial charge in [0.2, 0.25) is 0 Å². The minimum atomic E-state index is -5.60. The van der Waals surface area contributed by atoms with Crippen molar-refractivity contribution in [3.05, 3.63) is 24.3 Å². The van der Waals surface area contributed by atoms with Gasteiger partial charge in [0, 0.05) is 12.8 Å². The highest BCUT2D eigenvalue weighted by atomic mass is 31.2. The molecule has 0 amide bonds. The van der Waals surface area contributed by atoms with Crippen molar-refractivity contribution in [1.82, 2.24) is 0 Å². The number of phosphoric acid groups is 3. The number of hydrogen-bond acceptors (Lipinski definition) is 14. The minimum absolute atomic E-state index is 0.0115. The Morgan fingerprint density at radius 2 is 0.846 bits per heavy atom. The van der Waals surface area contributed by atoms with E-state index in [1.54, 1.807) is 0 Å². The van der Waals surface area contributed by atoms with E-state index in [-0.39, 0.29) is 12.8 Å². The first kappa shape index (κ1) is 61.6. The molecule has 1 aliphatic rings. The molecule has 0 aromatic carbocycles. The van der Waals surface area contributed by atoms with Gasteiger partial charge in [0.05, 0.1) is 6.61 Å². The van der Waals surface area contributed by atoms with Crippen molar-refractivity contribution in [2.75, 3.05) is 13.2 Å². The van der Waals surface area contributed by atoms with Crippen LogP contribution in [0.25, 0.3) is 0 Å². The number of aliphatic hydroxyl groups excluding tert-OH is 3. The van der Waals surface area contributed by atoms with Gasteiger partial charge in [-0.1, -0.05) is 128 Å². The van der Waals surface area contributed by atoms with E-state index in [9.17, 15) is 63.1 Å². The quantitative estimate of drug-likeness (QED) is 0.0124. The third-order valence-corrected chi connectivity index (χ3v) is 12.8. The number of aliphatic hydroxyl groups is 3. The summed E-state index contributed by atoms with van der Waals surface area (Å²) in [5.41, 5.74) is 0. The maximum Gasteiger partial charge on any atom is 0.472 e. The average molecular weight is 995 g/mol. The van der Waals surface area contributed by atoms with E-state index < -0.39 is 91.3 Å². The Morgan fingerprint density at radius 3 is 1.28 bits per heavy atom. The van der Waals surface area contributed by atoms with Gasteiger partial charge in [-0.15, -0.1) is 0 Å². The molecule has 0 heterocycles. The smallest absolute Gasteiger partial charge is 0.462 e. The molecule has 1 fully saturated rings. The SMILES string of the molecule is CCCCCCC=CCCCCCCCCCC(=O)OCC(COP(=O)(O)OC1C(O)C(O)C(OP(=O)(O)O)C(OP(=O)(O)O)C1O)OC(=O)CCCCCCCC=CCCCCCC. The second kappa shape index (κ2) is 35.7. The number of hydrogen-bond donors (Lipinski definition) is 8. The van der Waals surface area contributed by atoms with Gasteiger partial charge in [0.25, 0.3) is 0 Å². The zero-order valence-electron chi connectivity index (χ0n) is 38.6. The van der Waals surface area contributed by atoms with Crippen LogP contribution in [-0.4, -0.2) is 108 Å². The summed E-state index contributed by atoms with van der Waals surface area (Å²) in [4.78, 5) is 73.1. The van der Waals surface area contributed by atoms with Crippen molar-refractivity contribution in [2.24, 2.45) is 0 Å². The molecule has 22 heteroatoms. The Balaban J connectivity index is 2.74. The van der Waals surface area contributed by atoms with Crippen LogP contribution in [0.15, 0.2) is 24.3 Å². The molecule has 0 saturated heterocycles. The Morgan fingerprint density at radius 1 is 0.477 bits per heavy atom. The normalized spacial score (nSPS) is 22.1. The van der Waals surface area contributed by atoms with E-state index in [1.807, 2.05) is 0 Å². The first-order valence-electron chi connectivity index (χ1n) is 23.6. The molecule has 382 valence electrons. The van der Waals surface area contributed by atoms with Crippen molar-refractivity contribution in [3.63, 3.8) is 0 Å². The monoisotopic (exact) mass is 994 g/mol. The van der Waals surface area contributed by atoms with Crippen LogP contribution in [0, 0.1) is 0 Å². The predicted molar refractivity (Wildman–Crippen MR) is 243 cm³/mol. The molecule has 1 aliphatic carbocycles. The lowest BCUT2D eigenvalue weighted by Crippen LogP contribution is -2.65. The second-order valence-corrected chi connectivity index (χ2v) is 20.5. The number of rotatable bonds is 40. The van der Waals surface area contributed by atoms with E-state index in [0.717, 1.165) is 89.9 Å². The van der Waals surface area contributed by atoms with Crippen LogP contribution in [0.4, 0.5) is 0 Å². The fourth-order valence-electron chi connectivity index (χ4n) is 7.16. The summed E-state index contributed by atoms with van der Waals surface area (Å²) in [5, 5.41) is 31.8. The summed E-state index contributed by atoms with van der Waals surface area (Å²) >= 11 is 0. The highest BCUT2D eigenvalue weighted by molar-refractivity contribution is 7.47. The van der Waals surface area contributed by atoms with Crippen molar-refractivity contribution >= 4 is 35.4 Å². The maximum atomic E-state index is 13.1. The summed E-state index contributed by atoms with van der Waals surface area (Å²) in [6.07, 6.45) is 17.7. The van der Waals surface area contributed by atoms with Crippen molar-refractivity contribution in [1.29, 1.82) is 0 Å². The van der Waals surface area contributed by atoms with Crippen molar-refractivity contribution < 1.29 is 90.6 Å². The second-order valence-electron chi connectivity index (χ2n) is 16.7. The number of phosphoric ester groups is 3. The van der Waals surface area contributed by atoms with Gasteiger partial charge in [0.15, 0.2) is 6.10 Å². The summed E-state index contributed by atoms with van der Waals surface area (Å²) in [7, 11) is -16.6. The summed E-state index contributed by atoms with van der Waals surface area (Å²) in [5.74, 6) is -1.31. The topological polar surface area (TPSA) is 303 Å². The van der Waals surface area contributed by atoms with Crippen LogP contribution in [0.5, 0.6) is 0 Å². The van der Waals surface area contributed by atoms with E-state index in [4.69, 9.17) is 18.5 Å². The largest absolute Gasteiger partial charge is 0.472 e. The zero-order valence-corrected chi connectivity index (χ0v) is 41.2. The van der Waals surface area contributed by atoms with Crippen LogP contribution < -0.4 is 0 Å². The van der Waals surface area contributed by atoms with Crippen LogP contribution in [0.1, 0.15) is 181 Å². The minimum Gasteiger partial charge on any atom is -0.462 e. The third kappa shape index (κ3) is 32.1. The summed E-state index contributed by atoms with van der Waals surface area (Å²) in [6.45, 7) is 2.90. The van der Waals surface area contributed by atoms with Crippen LogP contribution >= 0.6 is 23.5 Å². The summed E-state index contributed by atoms with van der Waals surface area (Å²) < 4.78 is 65.4. The molecular formula is C43H81O19P3. The van der Waals surface area contributed by atoms with Gasteiger partial charge >= 0.3 is 35.4 Å². The molecule has 0 radical (unpaired) electrons. The molecule has 0 aromatic heterocycles. The van der Waals surface area contributed by atoms with Gasteiger partial charge in [-0.25, -0.2) is 13.7 Å². The standard InChI is InChI=1S/C43H81O19P3/c1-3-5-7-9-11-13-15-17-18-20-21-23-25-27-29-31-36(44)57-33-35(59-37(45)32-30-28-26-24-22-19-16-14-12-10-8-6-4-2)34-58-65(55,56)62-41-38(46)39(47)42(60-63(49,50)51)43(40(41)48)61-64(52,53)54/h13-16,35,38-43,46-48H,3-12,17-34H2,1-2H3,(H,55,56)(H2,49,50,51)(H2,52,53,54). The number of carbonyl (C=O) groups excluding carboxylic acids is 2. The molecule has 8 atom stereocenters. The molecule has 65 heavy (non-hydrogen) atoms. The molecule has 0 bridgehead atoms. The lowest BCUT2D eigenvalue weighted by Gasteiger charge is -2.44. The molecule has 0 aliphatic heterocycles. The van der Waals surface area contributed by atoms with Gasteiger partial charge < -0.3 is 49.3 Å². The maximum absolute atomic E-state index is 13.1. The molecule has 0 aromatic rings. The average Bonchev–Trinajstić information content (AvgIpc) is 3.23. The van der Waals surface area contributed by atoms with Gasteiger partial charge in [-0.05, 0) is 64.2 Å². The Kier molecular flexibility index (Phi) is 33.9. The number of unbranched alkanes of at least 4 members (excludes halogenated alkanes) is 20. The van der Waals surface area contributed by atoms with Crippen LogP contribution in [-0.2, 0) is 50.9 Å². The Labute approximate surface area is 386 Å². The van der Waals surface area contributed by atoms with E-state index in [0.29, 0.717) is 12.8 Å². The molecule has 0 spiro atoms. The van der Waals surface area contributed by atoms with E-state index in [2.05, 4.69) is 47.2 Å². The molecular weight excluding hydrogens is 913 g/mol. The third-order valence-electron chi connectivity index (χ3n) is 10.7. The van der Waals surface area contributed by atoms with E-state index >= 15 is 0 Å². The number of ether oxygens (including phenoxy) is 2. The van der Waals surface area contributed by atoms with Crippen molar-refractivity contribution in [2.45, 2.75) is 224 Å². The highest BCUT2D eigenvalue weighted by Crippen LogP contribution is 2.51. The first-order chi connectivity index (χ1) is 30.8. The predicted octanol–water partition coefficient (Wildman–Crippen LogP) is 8.29. The van der Waals surface area contributed by atoms with Crippen LogP contribution in [0.2, 0.25) is 0 Å². The number of allylic oxidation sites excluding steroid dienone is 4. The van der Waals surface area contributed by atoms with Crippen LogP contribution in [0.3, 0.4) is 0 Å². The first-order valence-corrected chi connectivity index (χ1v) is 28.2. The lowest BCUT2D eigenvalue weighted by atomic mass is 9.85. The Hall–Kier alpha value is -1.37. The van der Waals surface area contributed by atoms with Gasteiger partial charge in [0.1, 0.15) is 43.2 Å². The zero-order chi connectivity index (χ0) is 48.6. The number of carbonyl (C=O) groups is 2. The molecule has 1 saturated carbocycles. The fourth-order valence-corrected chi connectivity index (χ4v) is 9.26. The lowest BCUT2D eigenvalue weighted by molar-refractivity contribution is -0.213. The molecule has 8 N–H and O–H groups in total. The summed E-state index contributed by atoms with van der Waals surface area (Å²) in [6, 6.07) is 0.